The smallest absolute Gasteiger partial charge is 0.219 e. The van der Waals surface area contributed by atoms with Crippen molar-refractivity contribution in [1.29, 1.82) is 0 Å². The highest BCUT2D eigenvalue weighted by Gasteiger charge is 2.21. The van der Waals surface area contributed by atoms with Crippen molar-refractivity contribution >= 4 is 11.7 Å². The normalized spacial score (nSPS) is 20.9. The molecule has 0 aromatic carbocycles. The molecule has 1 fully saturated rings. The Bertz CT molecular complexity index is 271. The summed E-state index contributed by atoms with van der Waals surface area (Å²) in [6.07, 6.45) is 3.98. The number of carbonyl (C=O) groups is 1. The van der Waals surface area contributed by atoms with Gasteiger partial charge in [-0.25, -0.2) is 0 Å². The van der Waals surface area contributed by atoms with Crippen LogP contribution in [0.25, 0.3) is 0 Å². The predicted octanol–water partition coefficient (Wildman–Crippen LogP) is 0.712. The predicted molar refractivity (Wildman–Crippen MR) is 57.1 cm³/mol. The van der Waals surface area contributed by atoms with Gasteiger partial charge in [0.2, 0.25) is 5.91 Å². The maximum absolute atomic E-state index is 11.2. The molecule has 4 heteroatoms. The van der Waals surface area contributed by atoms with Gasteiger partial charge in [-0.3, -0.25) is 9.79 Å². The number of carbonyl (C=O) groups excluding carboxylic acids is 1. The van der Waals surface area contributed by atoms with E-state index in [9.17, 15) is 4.79 Å². The first-order valence-corrected chi connectivity index (χ1v) is 4.79. The summed E-state index contributed by atoms with van der Waals surface area (Å²) in [4.78, 5) is 19.2. The van der Waals surface area contributed by atoms with Crippen LogP contribution in [0.3, 0.4) is 0 Å². The molecule has 78 valence electrons. The quantitative estimate of drug-likeness (QED) is 0.618. The van der Waals surface area contributed by atoms with Gasteiger partial charge in [0.05, 0.1) is 6.54 Å². The van der Waals surface area contributed by atoms with Crippen LogP contribution in [0.2, 0.25) is 0 Å². The third-order valence-corrected chi connectivity index (χ3v) is 2.31. The van der Waals surface area contributed by atoms with E-state index in [2.05, 4.69) is 9.89 Å². The number of amidine groups is 1. The Morgan fingerprint density at radius 2 is 2.21 bits per heavy atom. The van der Waals surface area contributed by atoms with Crippen LogP contribution in [0, 0.1) is 0 Å². The van der Waals surface area contributed by atoms with E-state index in [4.69, 9.17) is 0 Å². The number of aliphatic imine (C=N–C) groups is 1. The molecule has 0 aromatic heterocycles. The maximum Gasteiger partial charge on any atom is 0.219 e. The molecule has 4 nitrogen and oxygen atoms in total. The molecule has 1 heterocycles. The largest absolute Gasteiger partial charge is 0.334 e. The molecule has 1 aliphatic rings. The van der Waals surface area contributed by atoms with Gasteiger partial charge in [-0.05, 0) is 6.92 Å². The van der Waals surface area contributed by atoms with Gasteiger partial charge in [0, 0.05) is 33.3 Å². The second kappa shape index (κ2) is 4.79. The summed E-state index contributed by atoms with van der Waals surface area (Å²) in [5.41, 5.74) is 0. The minimum absolute atomic E-state index is 0.117. The zero-order valence-corrected chi connectivity index (χ0v) is 9.03. The van der Waals surface area contributed by atoms with Crippen molar-refractivity contribution in [2.45, 2.75) is 13.8 Å². The highest BCUT2D eigenvalue weighted by atomic mass is 16.2. The van der Waals surface area contributed by atoms with Crippen LogP contribution in [-0.2, 0) is 4.79 Å². The van der Waals surface area contributed by atoms with Crippen LogP contribution in [0.4, 0.5) is 0 Å². The number of hydrogen-bond donors (Lipinski definition) is 0. The topological polar surface area (TPSA) is 35.9 Å². The lowest BCUT2D eigenvalue weighted by Crippen LogP contribution is -2.49. The lowest BCUT2D eigenvalue weighted by molar-refractivity contribution is -0.128. The van der Waals surface area contributed by atoms with E-state index >= 15 is 0 Å². The van der Waals surface area contributed by atoms with Crippen molar-refractivity contribution in [3.63, 3.8) is 0 Å². The second-order valence-corrected chi connectivity index (χ2v) is 3.26. The molecular weight excluding hydrogens is 178 g/mol. The molecule has 0 radical (unpaired) electrons. The Morgan fingerprint density at radius 1 is 1.50 bits per heavy atom. The fourth-order valence-electron chi connectivity index (χ4n) is 1.51. The first-order valence-electron chi connectivity index (χ1n) is 4.79. The zero-order chi connectivity index (χ0) is 10.6. The van der Waals surface area contributed by atoms with Crippen molar-refractivity contribution < 1.29 is 4.79 Å². The van der Waals surface area contributed by atoms with E-state index < -0.39 is 0 Å². The lowest BCUT2D eigenvalue weighted by Gasteiger charge is -2.34. The van der Waals surface area contributed by atoms with Crippen LogP contribution in [0.5, 0.6) is 0 Å². The van der Waals surface area contributed by atoms with E-state index in [-0.39, 0.29) is 5.91 Å². The highest BCUT2D eigenvalue weighted by Crippen LogP contribution is 2.05. The van der Waals surface area contributed by atoms with Crippen molar-refractivity contribution in [2.24, 2.45) is 4.99 Å². The number of allylic oxidation sites excluding steroid dienone is 1. The number of hydrogen-bond acceptors (Lipinski definition) is 2. The number of piperazine rings is 1. The summed E-state index contributed by atoms with van der Waals surface area (Å²) in [7, 11) is 1.76. The van der Waals surface area contributed by atoms with Crippen LogP contribution in [0.1, 0.15) is 13.8 Å². The summed E-state index contributed by atoms with van der Waals surface area (Å²) >= 11 is 0. The Balaban J connectivity index is 2.69. The minimum atomic E-state index is 0.117. The summed E-state index contributed by atoms with van der Waals surface area (Å²) in [5.74, 6) is 1.07. The minimum Gasteiger partial charge on any atom is -0.334 e. The van der Waals surface area contributed by atoms with Gasteiger partial charge in [0.25, 0.3) is 0 Å². The van der Waals surface area contributed by atoms with Gasteiger partial charge in [0.15, 0.2) is 0 Å². The monoisotopic (exact) mass is 195 g/mol. The standard InChI is InChI=1S/C10H17N3O/c1-4-5-12-6-7-13(9(2)14)8-10(12)11-3/h4-5H,6-8H2,1-3H3/b5-4-,11-10+. The van der Waals surface area contributed by atoms with Crippen LogP contribution < -0.4 is 0 Å². The second-order valence-electron chi connectivity index (χ2n) is 3.26. The van der Waals surface area contributed by atoms with Gasteiger partial charge in [-0.1, -0.05) is 6.08 Å². The molecule has 0 bridgehead atoms. The summed E-state index contributed by atoms with van der Waals surface area (Å²) in [6.45, 7) is 5.80. The SMILES string of the molecule is C/C=C\N1CCN(C(C)=O)C/C1=N\C. The fourth-order valence-corrected chi connectivity index (χ4v) is 1.51. The molecule has 1 aliphatic heterocycles. The van der Waals surface area contributed by atoms with E-state index in [1.807, 2.05) is 24.1 Å². The van der Waals surface area contributed by atoms with E-state index in [0.29, 0.717) is 6.54 Å². The third-order valence-electron chi connectivity index (χ3n) is 2.31. The Morgan fingerprint density at radius 3 is 2.71 bits per heavy atom. The van der Waals surface area contributed by atoms with Gasteiger partial charge in [-0.2, -0.15) is 0 Å². The lowest BCUT2D eigenvalue weighted by atomic mass is 10.3. The Hall–Kier alpha value is -1.32. The average molecular weight is 195 g/mol. The average Bonchev–Trinajstić information content (AvgIpc) is 2.18. The van der Waals surface area contributed by atoms with Gasteiger partial charge < -0.3 is 9.80 Å². The summed E-state index contributed by atoms with van der Waals surface area (Å²) in [6, 6.07) is 0. The number of rotatable bonds is 1. The molecule has 1 rings (SSSR count). The first-order chi connectivity index (χ1) is 6.69. The Labute approximate surface area is 84.9 Å². The van der Waals surface area contributed by atoms with Crippen molar-refractivity contribution in [1.82, 2.24) is 9.80 Å². The molecule has 1 saturated heterocycles. The van der Waals surface area contributed by atoms with Crippen LogP contribution >= 0.6 is 0 Å². The molecule has 0 unspecified atom stereocenters. The highest BCUT2D eigenvalue weighted by molar-refractivity contribution is 5.89. The summed E-state index contributed by atoms with van der Waals surface area (Å²) in [5, 5.41) is 0. The summed E-state index contributed by atoms with van der Waals surface area (Å²) < 4.78 is 0. The molecule has 0 N–H and O–H groups in total. The molecule has 1 amide bonds. The van der Waals surface area contributed by atoms with Crippen molar-refractivity contribution in [3.05, 3.63) is 12.3 Å². The third kappa shape index (κ3) is 2.34. The molecule has 0 aromatic rings. The number of amides is 1. The molecule has 0 saturated carbocycles. The fraction of sp³-hybridized carbons (Fsp3) is 0.600. The van der Waals surface area contributed by atoms with E-state index in [0.717, 1.165) is 18.9 Å². The molecule has 0 aliphatic carbocycles. The van der Waals surface area contributed by atoms with E-state index in [1.165, 1.54) is 0 Å². The molecule has 14 heavy (non-hydrogen) atoms. The zero-order valence-electron chi connectivity index (χ0n) is 9.03. The van der Waals surface area contributed by atoms with Gasteiger partial charge in [-0.15, -0.1) is 0 Å². The van der Waals surface area contributed by atoms with Crippen molar-refractivity contribution in [3.8, 4) is 0 Å². The molecule has 0 spiro atoms. The first kappa shape index (κ1) is 10.8. The molecule has 0 atom stereocenters. The molecular formula is C10H17N3O. The van der Waals surface area contributed by atoms with E-state index in [1.54, 1.807) is 14.0 Å². The maximum atomic E-state index is 11.2. The van der Waals surface area contributed by atoms with Crippen LogP contribution in [-0.4, -0.2) is 48.2 Å². The van der Waals surface area contributed by atoms with Gasteiger partial charge >= 0.3 is 0 Å². The number of nitrogens with zero attached hydrogens (tertiary/aromatic N) is 3. The van der Waals surface area contributed by atoms with Crippen molar-refractivity contribution in [2.75, 3.05) is 26.7 Å². The van der Waals surface area contributed by atoms with Crippen LogP contribution in [0.15, 0.2) is 17.3 Å². The Kier molecular flexibility index (Phi) is 3.68. The van der Waals surface area contributed by atoms with Gasteiger partial charge in [0.1, 0.15) is 5.84 Å².